The molecule has 0 radical (unpaired) electrons. The summed E-state index contributed by atoms with van der Waals surface area (Å²) in [4.78, 5) is 0. The summed E-state index contributed by atoms with van der Waals surface area (Å²) < 4.78 is 0. The highest BCUT2D eigenvalue weighted by Gasteiger charge is 2.43. The number of benzene rings is 3. The Bertz CT molecular complexity index is 1450. The van der Waals surface area contributed by atoms with Crippen LogP contribution in [0.25, 0.3) is 28.3 Å². The van der Waals surface area contributed by atoms with Crippen LogP contribution in [0, 0.1) is 18.8 Å². The maximum atomic E-state index is 4.05. The molecule has 168 valence electrons. The van der Waals surface area contributed by atoms with E-state index in [0.29, 0.717) is 0 Å². The monoisotopic (exact) mass is 440 g/mol. The van der Waals surface area contributed by atoms with E-state index in [2.05, 4.69) is 93.8 Å². The smallest absolute Gasteiger partial charge is 0.0327 e. The minimum Gasteiger partial charge on any atom is -0.103 e. The van der Waals surface area contributed by atoms with Crippen LogP contribution in [0.15, 0.2) is 55.1 Å². The maximum absolute atomic E-state index is 4.05. The van der Waals surface area contributed by atoms with Crippen molar-refractivity contribution >= 4 is 6.08 Å². The molecule has 0 atom stereocenters. The predicted octanol–water partition coefficient (Wildman–Crippen LogP) is 8.34. The Morgan fingerprint density at radius 3 is 2.62 bits per heavy atom. The largest absolute Gasteiger partial charge is 0.103 e. The molecule has 0 heteroatoms. The van der Waals surface area contributed by atoms with Gasteiger partial charge in [0.2, 0.25) is 0 Å². The summed E-state index contributed by atoms with van der Waals surface area (Å²) in [6.07, 6.45) is 13.2. The summed E-state index contributed by atoms with van der Waals surface area (Å²) in [5, 5.41) is 0. The van der Waals surface area contributed by atoms with Gasteiger partial charge in [0.05, 0.1) is 0 Å². The summed E-state index contributed by atoms with van der Waals surface area (Å²) in [7, 11) is 0. The third-order valence-electron chi connectivity index (χ3n) is 8.19. The van der Waals surface area contributed by atoms with Gasteiger partial charge in [0.1, 0.15) is 0 Å². The second-order valence-electron chi connectivity index (χ2n) is 10.5. The van der Waals surface area contributed by atoms with Crippen molar-refractivity contribution < 1.29 is 0 Å². The fraction of sp³-hybridized carbons (Fsp3) is 0.294. The molecule has 0 fully saturated rings. The summed E-state index contributed by atoms with van der Waals surface area (Å²) in [5.74, 6) is 7.09. The lowest BCUT2D eigenvalue weighted by atomic mass is 9.73. The van der Waals surface area contributed by atoms with E-state index in [9.17, 15) is 0 Å². The Kier molecular flexibility index (Phi) is 4.93. The number of fused-ring (bicyclic) bond motifs is 8. The van der Waals surface area contributed by atoms with E-state index in [1.165, 1.54) is 61.2 Å². The highest BCUT2D eigenvalue weighted by atomic mass is 14.5. The number of allylic oxidation sites excluding steroid dienone is 2. The highest BCUT2D eigenvalue weighted by Crippen LogP contribution is 2.56. The molecule has 0 aromatic heterocycles. The fourth-order valence-electron chi connectivity index (χ4n) is 6.76. The van der Waals surface area contributed by atoms with Crippen LogP contribution in [0.4, 0.5) is 0 Å². The first-order chi connectivity index (χ1) is 16.5. The van der Waals surface area contributed by atoms with E-state index in [1.807, 2.05) is 0 Å². The molecule has 0 heterocycles. The van der Waals surface area contributed by atoms with Crippen LogP contribution >= 0.6 is 0 Å². The van der Waals surface area contributed by atoms with Gasteiger partial charge in [-0.05, 0) is 100 Å². The summed E-state index contributed by atoms with van der Waals surface area (Å²) in [6, 6.07) is 13.6. The predicted molar refractivity (Wildman–Crippen MR) is 145 cm³/mol. The van der Waals surface area contributed by atoms with Crippen molar-refractivity contribution in [2.45, 2.75) is 64.7 Å². The Balaban J connectivity index is 1.71. The zero-order chi connectivity index (χ0) is 23.4. The number of rotatable bonds is 4. The van der Waals surface area contributed by atoms with Gasteiger partial charge in [0, 0.05) is 17.4 Å². The van der Waals surface area contributed by atoms with Crippen molar-refractivity contribution in [1.82, 2.24) is 0 Å². The van der Waals surface area contributed by atoms with Crippen LogP contribution in [-0.2, 0) is 24.7 Å². The van der Waals surface area contributed by atoms with Gasteiger partial charge < -0.3 is 0 Å². The topological polar surface area (TPSA) is 0 Å². The molecular weight excluding hydrogens is 408 g/mol. The van der Waals surface area contributed by atoms with Crippen LogP contribution in [0.5, 0.6) is 0 Å². The van der Waals surface area contributed by atoms with E-state index < -0.39 is 0 Å². The SMILES string of the molecule is C=CCCc1c(-c2ccccc2C)ccc2c1C(C)(C)c1c3c(c4c(c1-2)C=CCC4)CCC#C3. The Morgan fingerprint density at radius 2 is 1.79 bits per heavy atom. The second kappa shape index (κ2) is 7.89. The summed E-state index contributed by atoms with van der Waals surface area (Å²) in [5.41, 5.74) is 17.2. The fourth-order valence-corrected chi connectivity index (χ4v) is 6.76. The van der Waals surface area contributed by atoms with E-state index in [4.69, 9.17) is 0 Å². The molecule has 6 rings (SSSR count). The third-order valence-corrected chi connectivity index (χ3v) is 8.19. The van der Waals surface area contributed by atoms with Crippen molar-refractivity contribution in [1.29, 1.82) is 0 Å². The standard InChI is InChI=1S/C34H32/c1-5-6-14-28-26(23-15-8-7-13-22(23)2)20-21-30-31-27-18-11-9-16-24(27)25-17-10-12-19-29(25)33(31)34(3,4)32(28)30/h5,7-8,11,13,15,18,20-21H,1,6,9-10,14,16-17H2,2-4H3. The second-order valence-corrected chi connectivity index (χ2v) is 10.5. The first-order valence-electron chi connectivity index (χ1n) is 12.7. The van der Waals surface area contributed by atoms with Gasteiger partial charge in [-0.1, -0.05) is 80.3 Å². The van der Waals surface area contributed by atoms with Crippen molar-refractivity contribution in [2.24, 2.45) is 0 Å². The van der Waals surface area contributed by atoms with E-state index in [0.717, 1.165) is 38.5 Å². The van der Waals surface area contributed by atoms with E-state index in [-0.39, 0.29) is 5.41 Å². The van der Waals surface area contributed by atoms with Crippen molar-refractivity contribution in [3.8, 4) is 34.1 Å². The lowest BCUT2D eigenvalue weighted by Gasteiger charge is -2.30. The zero-order valence-electron chi connectivity index (χ0n) is 20.6. The molecule has 0 spiro atoms. The van der Waals surface area contributed by atoms with Gasteiger partial charge >= 0.3 is 0 Å². The van der Waals surface area contributed by atoms with Crippen LogP contribution < -0.4 is 0 Å². The minimum absolute atomic E-state index is 0.0870. The van der Waals surface area contributed by atoms with Crippen LogP contribution in [0.1, 0.15) is 77.6 Å². The average Bonchev–Trinajstić information content (AvgIpc) is 3.11. The maximum Gasteiger partial charge on any atom is 0.0327 e. The first kappa shape index (κ1) is 21.2. The average molecular weight is 441 g/mol. The third kappa shape index (κ3) is 2.93. The molecule has 0 unspecified atom stereocenters. The van der Waals surface area contributed by atoms with Gasteiger partial charge in [0.15, 0.2) is 0 Å². The quantitative estimate of drug-likeness (QED) is 0.282. The van der Waals surface area contributed by atoms with Crippen molar-refractivity contribution in [3.63, 3.8) is 0 Å². The lowest BCUT2D eigenvalue weighted by Crippen LogP contribution is -2.21. The van der Waals surface area contributed by atoms with Gasteiger partial charge in [-0.15, -0.1) is 6.58 Å². The van der Waals surface area contributed by atoms with Gasteiger partial charge in [0.25, 0.3) is 0 Å². The molecule has 0 N–H and O–H groups in total. The minimum atomic E-state index is -0.0870. The highest BCUT2D eigenvalue weighted by molar-refractivity contribution is 5.94. The Morgan fingerprint density at radius 1 is 0.971 bits per heavy atom. The van der Waals surface area contributed by atoms with Gasteiger partial charge in [-0.2, -0.15) is 0 Å². The van der Waals surface area contributed by atoms with Crippen molar-refractivity contribution in [3.05, 3.63) is 99.6 Å². The molecule has 3 aromatic rings. The molecule has 0 saturated heterocycles. The zero-order valence-corrected chi connectivity index (χ0v) is 20.6. The number of hydrogen-bond acceptors (Lipinski definition) is 0. The first-order valence-corrected chi connectivity index (χ1v) is 12.7. The van der Waals surface area contributed by atoms with Gasteiger partial charge in [-0.3, -0.25) is 0 Å². The molecule has 0 saturated carbocycles. The molecule has 0 aliphatic heterocycles. The van der Waals surface area contributed by atoms with Crippen molar-refractivity contribution in [2.75, 3.05) is 0 Å². The van der Waals surface area contributed by atoms with E-state index >= 15 is 0 Å². The molecule has 0 amide bonds. The summed E-state index contributed by atoms with van der Waals surface area (Å²) >= 11 is 0. The molecular formula is C34H32. The normalized spacial score (nSPS) is 16.1. The van der Waals surface area contributed by atoms with Crippen LogP contribution in [0.3, 0.4) is 0 Å². The number of hydrogen-bond donors (Lipinski definition) is 0. The van der Waals surface area contributed by atoms with Crippen LogP contribution in [-0.4, -0.2) is 0 Å². The molecule has 34 heavy (non-hydrogen) atoms. The lowest BCUT2D eigenvalue weighted by molar-refractivity contribution is 0.646. The number of aryl methyl sites for hydroxylation is 1. The molecule has 0 nitrogen and oxygen atoms in total. The molecule has 3 aliphatic rings. The Hall–Kier alpha value is -3.30. The molecule has 3 aromatic carbocycles. The van der Waals surface area contributed by atoms with Gasteiger partial charge in [-0.25, -0.2) is 0 Å². The van der Waals surface area contributed by atoms with E-state index in [1.54, 1.807) is 5.56 Å². The summed E-state index contributed by atoms with van der Waals surface area (Å²) in [6.45, 7) is 11.2. The molecule has 0 bridgehead atoms. The Labute approximate surface area is 204 Å². The van der Waals surface area contributed by atoms with Crippen LogP contribution in [0.2, 0.25) is 0 Å². The molecule has 3 aliphatic carbocycles.